The molecule has 0 atom stereocenters. The van der Waals surface area contributed by atoms with Crippen LogP contribution in [0.4, 0.5) is 5.82 Å². The lowest BCUT2D eigenvalue weighted by Gasteiger charge is -2.00. The van der Waals surface area contributed by atoms with Crippen LogP contribution in [0.2, 0.25) is 0 Å². The number of benzene rings is 1. The fraction of sp³-hybridized carbons (Fsp3) is 0.182. The van der Waals surface area contributed by atoms with E-state index in [0.29, 0.717) is 11.6 Å². The van der Waals surface area contributed by atoms with Gasteiger partial charge in [-0.1, -0.05) is 29.8 Å². The maximum absolute atomic E-state index is 5.85. The number of imidazole rings is 1. The minimum atomic E-state index is 0.497. The summed E-state index contributed by atoms with van der Waals surface area (Å²) in [4.78, 5) is 4.32. The first-order chi connectivity index (χ1) is 7.09. The molecule has 1 aromatic carbocycles. The second-order valence-electron chi connectivity index (χ2n) is 3.63. The maximum Gasteiger partial charge on any atom is 0.150 e. The molecule has 0 saturated heterocycles. The molecule has 0 fully saturated rings. The van der Waals surface area contributed by atoms with Crippen LogP contribution < -0.4 is 11.6 Å². The van der Waals surface area contributed by atoms with Crippen molar-refractivity contribution in [3.05, 3.63) is 35.7 Å². The van der Waals surface area contributed by atoms with Crippen LogP contribution in [-0.2, 0) is 0 Å². The standard InChI is InChI=1S/C11H14N4/c1-7-3-5-9(6-4-7)10-11(12)15(13)8(2)14-10/h3-6H,12-13H2,1-2H3. The molecule has 1 aromatic heterocycles. The molecule has 4 N–H and O–H groups in total. The number of nitrogens with zero attached hydrogens (tertiary/aromatic N) is 2. The first kappa shape index (κ1) is 9.58. The average molecular weight is 202 g/mol. The Balaban J connectivity index is 2.54. The largest absolute Gasteiger partial charge is 0.382 e. The third-order valence-electron chi connectivity index (χ3n) is 2.45. The maximum atomic E-state index is 5.85. The van der Waals surface area contributed by atoms with Crippen molar-refractivity contribution >= 4 is 5.82 Å². The minimum Gasteiger partial charge on any atom is -0.382 e. The summed E-state index contributed by atoms with van der Waals surface area (Å²) in [5, 5.41) is 0. The van der Waals surface area contributed by atoms with Gasteiger partial charge in [0.25, 0.3) is 0 Å². The Morgan fingerprint density at radius 1 is 1.13 bits per heavy atom. The van der Waals surface area contributed by atoms with E-state index in [2.05, 4.69) is 4.98 Å². The summed E-state index contributed by atoms with van der Waals surface area (Å²) in [6, 6.07) is 8.04. The molecule has 1 heterocycles. The zero-order valence-electron chi connectivity index (χ0n) is 8.86. The smallest absolute Gasteiger partial charge is 0.150 e. The van der Waals surface area contributed by atoms with Gasteiger partial charge in [0.05, 0.1) is 0 Å². The Morgan fingerprint density at radius 2 is 1.73 bits per heavy atom. The van der Waals surface area contributed by atoms with Crippen LogP contribution >= 0.6 is 0 Å². The highest BCUT2D eigenvalue weighted by Crippen LogP contribution is 2.24. The van der Waals surface area contributed by atoms with E-state index in [4.69, 9.17) is 11.6 Å². The second kappa shape index (κ2) is 3.31. The van der Waals surface area contributed by atoms with Crippen molar-refractivity contribution < 1.29 is 0 Å². The minimum absolute atomic E-state index is 0.497. The van der Waals surface area contributed by atoms with Crippen LogP contribution in [0.25, 0.3) is 11.3 Å². The molecule has 0 saturated carbocycles. The SMILES string of the molecule is Cc1ccc(-c2nc(C)n(N)c2N)cc1. The normalized spacial score (nSPS) is 10.5. The fourth-order valence-corrected chi connectivity index (χ4v) is 1.49. The zero-order valence-corrected chi connectivity index (χ0v) is 8.86. The summed E-state index contributed by atoms with van der Waals surface area (Å²) in [5.74, 6) is 6.91. The van der Waals surface area contributed by atoms with Gasteiger partial charge < -0.3 is 11.6 Å². The number of nitrogens with two attached hydrogens (primary N) is 2. The van der Waals surface area contributed by atoms with Crippen LogP contribution in [0, 0.1) is 13.8 Å². The topological polar surface area (TPSA) is 69.9 Å². The van der Waals surface area contributed by atoms with Gasteiger partial charge in [0.1, 0.15) is 11.5 Å². The number of hydrogen-bond acceptors (Lipinski definition) is 3. The Morgan fingerprint density at radius 3 is 2.20 bits per heavy atom. The van der Waals surface area contributed by atoms with Gasteiger partial charge in [0.15, 0.2) is 5.82 Å². The van der Waals surface area contributed by atoms with Gasteiger partial charge in [-0.05, 0) is 13.8 Å². The Hall–Kier alpha value is -1.97. The Kier molecular flexibility index (Phi) is 2.11. The van der Waals surface area contributed by atoms with Crippen LogP contribution in [-0.4, -0.2) is 9.66 Å². The van der Waals surface area contributed by atoms with Crippen molar-refractivity contribution in [1.82, 2.24) is 9.66 Å². The molecule has 4 heteroatoms. The molecule has 0 amide bonds. The molecule has 2 aromatic rings. The molecule has 15 heavy (non-hydrogen) atoms. The summed E-state index contributed by atoms with van der Waals surface area (Å²) >= 11 is 0. The van der Waals surface area contributed by atoms with E-state index in [9.17, 15) is 0 Å². The molecule has 0 aliphatic heterocycles. The number of hydrogen-bond donors (Lipinski definition) is 2. The number of anilines is 1. The number of aryl methyl sites for hydroxylation is 2. The lowest BCUT2D eigenvalue weighted by Crippen LogP contribution is -2.13. The summed E-state index contributed by atoms with van der Waals surface area (Å²) in [5.41, 5.74) is 8.79. The molecule has 0 spiro atoms. The van der Waals surface area contributed by atoms with Gasteiger partial charge in [-0.2, -0.15) is 0 Å². The van der Waals surface area contributed by atoms with E-state index < -0.39 is 0 Å². The summed E-state index contributed by atoms with van der Waals surface area (Å²) in [6.07, 6.45) is 0. The lowest BCUT2D eigenvalue weighted by molar-refractivity contribution is 0.937. The number of nitrogen functional groups attached to an aromatic ring is 2. The summed E-state index contributed by atoms with van der Waals surface area (Å²) < 4.78 is 1.40. The highest BCUT2D eigenvalue weighted by molar-refractivity contribution is 5.71. The fourth-order valence-electron chi connectivity index (χ4n) is 1.49. The summed E-state index contributed by atoms with van der Waals surface area (Å²) in [7, 11) is 0. The van der Waals surface area contributed by atoms with Crippen molar-refractivity contribution in [3.63, 3.8) is 0 Å². The van der Waals surface area contributed by atoms with E-state index in [-0.39, 0.29) is 0 Å². The average Bonchev–Trinajstić information content (AvgIpc) is 2.47. The molecular weight excluding hydrogens is 188 g/mol. The highest BCUT2D eigenvalue weighted by atomic mass is 15.4. The predicted octanol–water partition coefficient (Wildman–Crippen LogP) is 1.46. The second-order valence-corrected chi connectivity index (χ2v) is 3.63. The monoisotopic (exact) mass is 202 g/mol. The van der Waals surface area contributed by atoms with Gasteiger partial charge in [0, 0.05) is 5.56 Å². The molecule has 78 valence electrons. The van der Waals surface area contributed by atoms with Gasteiger partial charge in [-0.25, -0.2) is 9.66 Å². The molecule has 2 rings (SSSR count). The van der Waals surface area contributed by atoms with Gasteiger partial charge in [0.2, 0.25) is 0 Å². The highest BCUT2D eigenvalue weighted by Gasteiger charge is 2.10. The van der Waals surface area contributed by atoms with Crippen molar-refractivity contribution in [2.45, 2.75) is 13.8 Å². The van der Waals surface area contributed by atoms with E-state index >= 15 is 0 Å². The van der Waals surface area contributed by atoms with Gasteiger partial charge >= 0.3 is 0 Å². The molecule has 0 aliphatic rings. The van der Waals surface area contributed by atoms with E-state index in [1.807, 2.05) is 38.1 Å². The number of rotatable bonds is 1. The molecule has 0 radical (unpaired) electrons. The van der Waals surface area contributed by atoms with Crippen molar-refractivity contribution in [2.75, 3.05) is 11.6 Å². The van der Waals surface area contributed by atoms with Crippen LogP contribution in [0.5, 0.6) is 0 Å². The molecule has 0 aliphatic carbocycles. The first-order valence-corrected chi connectivity index (χ1v) is 4.76. The van der Waals surface area contributed by atoms with E-state index in [1.54, 1.807) is 0 Å². The Labute approximate surface area is 88.5 Å². The van der Waals surface area contributed by atoms with Crippen molar-refractivity contribution in [1.29, 1.82) is 0 Å². The number of aromatic nitrogens is 2. The quantitative estimate of drug-likeness (QED) is 0.688. The van der Waals surface area contributed by atoms with Crippen molar-refractivity contribution in [3.8, 4) is 11.3 Å². The van der Waals surface area contributed by atoms with E-state index in [1.165, 1.54) is 10.2 Å². The van der Waals surface area contributed by atoms with E-state index in [0.717, 1.165) is 11.3 Å². The van der Waals surface area contributed by atoms with Crippen LogP contribution in [0.15, 0.2) is 24.3 Å². The molecule has 0 unspecified atom stereocenters. The molecule has 4 nitrogen and oxygen atoms in total. The van der Waals surface area contributed by atoms with Gasteiger partial charge in [-0.15, -0.1) is 0 Å². The zero-order chi connectivity index (χ0) is 11.0. The lowest BCUT2D eigenvalue weighted by atomic mass is 10.1. The third kappa shape index (κ3) is 1.54. The summed E-state index contributed by atoms with van der Waals surface area (Å²) in [6.45, 7) is 3.87. The molecular formula is C11H14N4. The molecule has 0 bridgehead atoms. The first-order valence-electron chi connectivity index (χ1n) is 4.76. The predicted molar refractivity (Wildman–Crippen MR) is 61.7 cm³/mol. The van der Waals surface area contributed by atoms with Crippen molar-refractivity contribution in [2.24, 2.45) is 0 Å². The van der Waals surface area contributed by atoms with Gasteiger partial charge in [-0.3, -0.25) is 0 Å². The van der Waals surface area contributed by atoms with Crippen LogP contribution in [0.1, 0.15) is 11.4 Å². The Bertz CT molecular complexity index is 482. The third-order valence-corrected chi connectivity index (χ3v) is 2.45. The van der Waals surface area contributed by atoms with Crippen LogP contribution in [0.3, 0.4) is 0 Å².